The Morgan fingerprint density at radius 3 is 1.12 bits per heavy atom. The monoisotopic (exact) mass is 937 g/mol. The predicted octanol–water partition coefficient (Wildman–Crippen LogP) is 16.2. The molecule has 0 aromatic rings. The summed E-state index contributed by atoms with van der Waals surface area (Å²) < 4.78 is 22.9. The summed E-state index contributed by atoms with van der Waals surface area (Å²) in [7, 11) is 5.98. The lowest BCUT2D eigenvalue weighted by molar-refractivity contribution is -0.870. The van der Waals surface area contributed by atoms with E-state index in [1.807, 2.05) is 21.1 Å². The van der Waals surface area contributed by atoms with Crippen LogP contribution in [-0.2, 0) is 33.3 Å². The smallest absolute Gasteiger partial charge is 0.361 e. The van der Waals surface area contributed by atoms with Crippen LogP contribution in [0.2, 0.25) is 0 Å². The molecule has 0 bridgehead atoms. The molecule has 0 spiro atoms. The maximum absolute atomic E-state index is 12.9. The van der Waals surface area contributed by atoms with E-state index in [1.54, 1.807) is 0 Å². The van der Waals surface area contributed by atoms with Gasteiger partial charge in [0, 0.05) is 12.8 Å². The number of quaternary nitrogens is 1. The Kier molecular flexibility index (Phi) is 48.0. The molecule has 0 aliphatic heterocycles. The molecule has 0 aliphatic carbocycles. The molecule has 0 aromatic carbocycles. The molecule has 390 valence electrons. The number of ether oxygens (including phenoxy) is 4. The minimum absolute atomic E-state index is 0.175. The van der Waals surface area contributed by atoms with Gasteiger partial charge in [0.1, 0.15) is 13.2 Å². The van der Waals surface area contributed by atoms with Crippen LogP contribution in [0.5, 0.6) is 0 Å². The Balaban J connectivity index is 4.23. The molecule has 0 saturated heterocycles. The summed E-state index contributed by atoms with van der Waals surface area (Å²) in [5.41, 5.74) is 0. The maximum Gasteiger partial charge on any atom is 0.361 e. The minimum atomic E-state index is -1.50. The quantitative estimate of drug-likeness (QED) is 0.0211. The number of esters is 2. The van der Waals surface area contributed by atoms with Crippen LogP contribution in [0.4, 0.5) is 0 Å². The third-order valence-electron chi connectivity index (χ3n) is 12.8. The molecule has 9 heteroatoms. The zero-order valence-electron chi connectivity index (χ0n) is 44.4. The van der Waals surface area contributed by atoms with Crippen LogP contribution in [0.3, 0.4) is 0 Å². The lowest BCUT2D eigenvalue weighted by Gasteiger charge is -2.25. The van der Waals surface area contributed by atoms with Gasteiger partial charge in [-0.2, -0.15) is 0 Å². The van der Waals surface area contributed by atoms with Crippen molar-refractivity contribution >= 4 is 17.9 Å². The van der Waals surface area contributed by atoms with Crippen LogP contribution in [0, 0.1) is 0 Å². The minimum Gasteiger partial charge on any atom is -0.477 e. The van der Waals surface area contributed by atoms with E-state index in [0.717, 1.165) is 38.5 Å². The van der Waals surface area contributed by atoms with Crippen molar-refractivity contribution in [2.24, 2.45) is 0 Å². The van der Waals surface area contributed by atoms with Gasteiger partial charge in [-0.3, -0.25) is 9.59 Å². The summed E-state index contributed by atoms with van der Waals surface area (Å²) in [6.07, 6.45) is 52.8. The van der Waals surface area contributed by atoms with Crippen LogP contribution < -0.4 is 0 Å². The number of carbonyl (C=O) groups excluding carboxylic acids is 2. The SMILES string of the molecule is CCCCCCCCCC/C=C\CCCCCCCCCCCCCC(=O)OC(COC(=O)CCCCCCCCCCCCCCCCCCCC)COC(OCC[N+](C)(C)C)C(=O)O. The lowest BCUT2D eigenvalue weighted by atomic mass is 10.0. The molecule has 0 aliphatic rings. The van der Waals surface area contributed by atoms with Gasteiger partial charge in [-0.05, 0) is 38.5 Å². The van der Waals surface area contributed by atoms with Gasteiger partial charge in [0.25, 0.3) is 6.29 Å². The molecule has 9 nitrogen and oxygen atoms in total. The third kappa shape index (κ3) is 49.9. The van der Waals surface area contributed by atoms with E-state index in [4.69, 9.17) is 18.9 Å². The van der Waals surface area contributed by atoms with Crippen LogP contribution in [0.1, 0.15) is 277 Å². The van der Waals surface area contributed by atoms with Gasteiger partial charge in [0.05, 0.1) is 34.4 Å². The van der Waals surface area contributed by atoms with E-state index in [9.17, 15) is 19.5 Å². The normalized spacial score (nSPS) is 12.8. The van der Waals surface area contributed by atoms with Crippen molar-refractivity contribution in [2.45, 2.75) is 289 Å². The molecule has 2 atom stereocenters. The summed E-state index contributed by atoms with van der Waals surface area (Å²) >= 11 is 0. The van der Waals surface area contributed by atoms with Gasteiger partial charge in [0.15, 0.2) is 6.10 Å². The van der Waals surface area contributed by atoms with Crippen molar-refractivity contribution in [3.63, 3.8) is 0 Å². The number of rotatable bonds is 53. The summed E-state index contributed by atoms with van der Waals surface area (Å²) in [4.78, 5) is 37.4. The predicted molar refractivity (Wildman–Crippen MR) is 277 cm³/mol. The second-order valence-corrected chi connectivity index (χ2v) is 20.6. The molecule has 66 heavy (non-hydrogen) atoms. The zero-order chi connectivity index (χ0) is 48.4. The number of hydrogen-bond donors (Lipinski definition) is 1. The second-order valence-electron chi connectivity index (χ2n) is 20.6. The van der Waals surface area contributed by atoms with Crippen molar-refractivity contribution in [1.29, 1.82) is 0 Å². The van der Waals surface area contributed by atoms with Gasteiger partial charge in [-0.25, -0.2) is 4.79 Å². The van der Waals surface area contributed by atoms with Crippen molar-refractivity contribution in [1.82, 2.24) is 0 Å². The standard InChI is InChI=1S/C57H109NO8/c1-6-8-10-12-14-16-18-20-22-24-26-27-28-29-30-32-34-36-38-40-42-44-46-48-55(60)66-53(52-65-57(56(61)62)63-50-49-58(3,4)5)51-64-54(59)47-45-43-41-39-37-35-33-31-25-23-21-19-17-15-13-11-9-7-2/h24,26,53,57H,6-23,25,27-52H2,1-5H3/p+1/b26-24-. The number of nitrogens with zero attached hydrogens (tertiary/aromatic N) is 1. The molecule has 0 aromatic heterocycles. The molecule has 0 heterocycles. The Hall–Kier alpha value is -1.97. The molecular formula is C57H110NO8+. The van der Waals surface area contributed by atoms with Crippen molar-refractivity contribution in [2.75, 3.05) is 47.5 Å². The van der Waals surface area contributed by atoms with E-state index >= 15 is 0 Å². The summed E-state index contributed by atoms with van der Waals surface area (Å²) in [5.74, 6) is -1.98. The number of carboxylic acid groups (broad SMARTS) is 1. The second kappa shape index (κ2) is 49.5. The third-order valence-corrected chi connectivity index (χ3v) is 12.8. The molecule has 2 unspecified atom stereocenters. The van der Waals surface area contributed by atoms with Crippen molar-refractivity contribution in [3.05, 3.63) is 12.2 Å². The van der Waals surface area contributed by atoms with E-state index in [2.05, 4.69) is 26.0 Å². The average molecular weight is 938 g/mol. The van der Waals surface area contributed by atoms with E-state index in [-0.39, 0.29) is 38.2 Å². The molecule has 0 amide bonds. The average Bonchev–Trinajstić information content (AvgIpc) is 3.28. The number of unbranched alkanes of at least 4 members (excludes halogenated alkanes) is 36. The first kappa shape index (κ1) is 64.0. The Bertz CT molecular complexity index is 1090. The number of carboxylic acids is 1. The molecule has 0 rings (SSSR count). The van der Waals surface area contributed by atoms with Crippen LogP contribution >= 0.6 is 0 Å². The zero-order valence-corrected chi connectivity index (χ0v) is 44.4. The maximum atomic E-state index is 12.9. The molecule has 0 radical (unpaired) electrons. The number of carbonyl (C=O) groups is 3. The number of hydrogen-bond acceptors (Lipinski definition) is 7. The van der Waals surface area contributed by atoms with Crippen molar-refractivity contribution < 1.29 is 42.9 Å². The fourth-order valence-electron chi connectivity index (χ4n) is 8.36. The first-order chi connectivity index (χ1) is 32.1. The summed E-state index contributed by atoms with van der Waals surface area (Å²) in [5, 5.41) is 9.69. The molecule has 0 saturated carbocycles. The highest BCUT2D eigenvalue weighted by atomic mass is 16.7. The highest BCUT2D eigenvalue weighted by Gasteiger charge is 2.25. The topological polar surface area (TPSA) is 108 Å². The summed E-state index contributed by atoms with van der Waals surface area (Å²) in [6, 6.07) is 0. The van der Waals surface area contributed by atoms with E-state index in [1.165, 1.54) is 212 Å². The fraction of sp³-hybridized carbons (Fsp3) is 0.912. The molecule has 1 N–H and O–H groups in total. The van der Waals surface area contributed by atoms with E-state index < -0.39 is 18.4 Å². The number of likely N-dealkylation sites (N-methyl/N-ethyl adjacent to an activating group) is 1. The van der Waals surface area contributed by atoms with Gasteiger partial charge >= 0.3 is 17.9 Å². The van der Waals surface area contributed by atoms with E-state index in [0.29, 0.717) is 17.4 Å². The highest BCUT2D eigenvalue weighted by Crippen LogP contribution is 2.17. The van der Waals surface area contributed by atoms with Gasteiger partial charge in [-0.15, -0.1) is 0 Å². The van der Waals surface area contributed by atoms with Crippen molar-refractivity contribution in [3.8, 4) is 0 Å². The Morgan fingerprint density at radius 1 is 0.439 bits per heavy atom. The van der Waals surface area contributed by atoms with Gasteiger partial charge in [0.2, 0.25) is 0 Å². The number of allylic oxidation sites excluding steroid dienone is 2. The summed E-state index contributed by atoms with van der Waals surface area (Å²) in [6.45, 7) is 4.93. The highest BCUT2D eigenvalue weighted by molar-refractivity contribution is 5.71. The largest absolute Gasteiger partial charge is 0.477 e. The molecule has 0 fully saturated rings. The molecular weight excluding hydrogens is 827 g/mol. The van der Waals surface area contributed by atoms with Crippen LogP contribution in [0.15, 0.2) is 12.2 Å². The van der Waals surface area contributed by atoms with Crippen LogP contribution in [0.25, 0.3) is 0 Å². The fourth-order valence-corrected chi connectivity index (χ4v) is 8.36. The Morgan fingerprint density at radius 2 is 0.773 bits per heavy atom. The van der Waals surface area contributed by atoms with Gasteiger partial charge < -0.3 is 28.5 Å². The Labute approximate surface area is 408 Å². The number of aliphatic carboxylic acids is 1. The van der Waals surface area contributed by atoms with Gasteiger partial charge in [-0.1, -0.05) is 238 Å². The van der Waals surface area contributed by atoms with Crippen LogP contribution in [-0.4, -0.2) is 87.4 Å². The lowest BCUT2D eigenvalue weighted by Crippen LogP contribution is -2.40. The first-order valence-corrected chi connectivity index (χ1v) is 28.4. The first-order valence-electron chi connectivity index (χ1n) is 28.4.